The van der Waals surface area contributed by atoms with Crippen LogP contribution in [0.25, 0.3) is 0 Å². The number of aliphatic hydroxyl groups excluding tert-OH is 1. The van der Waals surface area contributed by atoms with Crippen molar-refractivity contribution in [3.63, 3.8) is 0 Å². The Labute approximate surface area is 98.4 Å². The second-order valence-electron chi connectivity index (χ2n) is 3.96. The summed E-state index contributed by atoms with van der Waals surface area (Å²) in [5.74, 6) is 0.837. The number of aliphatic hydroxyl groups is 1. The number of halogens is 1. The fourth-order valence-corrected chi connectivity index (χ4v) is 2.17. The summed E-state index contributed by atoms with van der Waals surface area (Å²) in [7, 11) is 0. The van der Waals surface area contributed by atoms with Gasteiger partial charge in [0, 0.05) is 4.47 Å². The van der Waals surface area contributed by atoms with Gasteiger partial charge in [-0.2, -0.15) is 0 Å². The topological polar surface area (TPSA) is 29.5 Å². The van der Waals surface area contributed by atoms with Gasteiger partial charge in [0.1, 0.15) is 11.9 Å². The summed E-state index contributed by atoms with van der Waals surface area (Å²) < 4.78 is 6.79. The zero-order chi connectivity index (χ0) is 10.7. The van der Waals surface area contributed by atoms with E-state index in [0.717, 1.165) is 35.9 Å². The minimum absolute atomic E-state index is 0.0278. The van der Waals surface area contributed by atoms with Crippen LogP contribution < -0.4 is 4.74 Å². The first-order valence-corrected chi connectivity index (χ1v) is 6.15. The van der Waals surface area contributed by atoms with Crippen molar-refractivity contribution in [3.05, 3.63) is 28.7 Å². The average molecular weight is 271 g/mol. The van der Waals surface area contributed by atoms with E-state index in [1.165, 1.54) is 0 Å². The summed E-state index contributed by atoms with van der Waals surface area (Å²) in [6.07, 6.45) is 3.75. The fraction of sp³-hybridized carbons (Fsp3) is 0.500. The van der Waals surface area contributed by atoms with Gasteiger partial charge >= 0.3 is 0 Å². The van der Waals surface area contributed by atoms with Gasteiger partial charge in [0.15, 0.2) is 0 Å². The maximum Gasteiger partial charge on any atom is 0.124 e. The van der Waals surface area contributed by atoms with Crippen LogP contribution >= 0.6 is 15.9 Å². The van der Waals surface area contributed by atoms with Gasteiger partial charge in [-0.05, 0) is 43.5 Å². The molecular formula is C12H15BrO2. The van der Waals surface area contributed by atoms with Crippen molar-refractivity contribution in [2.45, 2.75) is 37.9 Å². The Bertz CT molecular complexity index is 310. The molecule has 0 saturated heterocycles. The lowest BCUT2D eigenvalue weighted by Crippen LogP contribution is -2.34. The van der Waals surface area contributed by atoms with E-state index in [0.29, 0.717) is 0 Å². The van der Waals surface area contributed by atoms with Crippen molar-refractivity contribution in [2.75, 3.05) is 0 Å². The molecule has 0 bridgehead atoms. The van der Waals surface area contributed by atoms with Gasteiger partial charge in [-0.3, -0.25) is 0 Å². The van der Waals surface area contributed by atoms with E-state index in [1.54, 1.807) is 0 Å². The van der Waals surface area contributed by atoms with Crippen molar-refractivity contribution in [3.8, 4) is 5.75 Å². The Morgan fingerprint density at radius 3 is 2.47 bits per heavy atom. The van der Waals surface area contributed by atoms with Crippen molar-refractivity contribution in [1.29, 1.82) is 0 Å². The van der Waals surface area contributed by atoms with Gasteiger partial charge in [-0.25, -0.2) is 0 Å². The summed E-state index contributed by atoms with van der Waals surface area (Å²) in [5.41, 5.74) is 0. The molecule has 0 spiro atoms. The number of hydrogen-bond acceptors (Lipinski definition) is 2. The standard InChI is InChI=1S/C12H15BrO2/c13-9-5-7-10(8-6-9)15-12-4-2-1-3-11(12)14/h5-8,11-12,14H,1-4H2/t11-,12-/m0/s1. The van der Waals surface area contributed by atoms with Crippen LogP contribution in [0.4, 0.5) is 0 Å². The van der Waals surface area contributed by atoms with E-state index >= 15 is 0 Å². The highest BCUT2D eigenvalue weighted by Crippen LogP contribution is 2.24. The van der Waals surface area contributed by atoms with E-state index in [2.05, 4.69) is 15.9 Å². The molecule has 1 aliphatic carbocycles. The maximum atomic E-state index is 9.75. The predicted octanol–water partition coefficient (Wildman–Crippen LogP) is 3.13. The van der Waals surface area contributed by atoms with Crippen LogP contribution in [0.3, 0.4) is 0 Å². The molecular weight excluding hydrogens is 256 g/mol. The summed E-state index contributed by atoms with van der Waals surface area (Å²) in [5, 5.41) is 9.75. The molecule has 1 fully saturated rings. The zero-order valence-electron chi connectivity index (χ0n) is 8.53. The predicted molar refractivity (Wildman–Crippen MR) is 63.0 cm³/mol. The first-order valence-electron chi connectivity index (χ1n) is 5.36. The number of ether oxygens (including phenoxy) is 1. The molecule has 3 heteroatoms. The number of hydrogen-bond donors (Lipinski definition) is 1. The van der Waals surface area contributed by atoms with E-state index in [-0.39, 0.29) is 12.2 Å². The lowest BCUT2D eigenvalue weighted by Gasteiger charge is -2.28. The van der Waals surface area contributed by atoms with Crippen molar-refractivity contribution in [2.24, 2.45) is 0 Å². The molecule has 1 aromatic carbocycles. The molecule has 0 unspecified atom stereocenters. The minimum atomic E-state index is -0.303. The molecule has 82 valence electrons. The minimum Gasteiger partial charge on any atom is -0.488 e. The molecule has 15 heavy (non-hydrogen) atoms. The third-order valence-electron chi connectivity index (χ3n) is 2.77. The Kier molecular flexibility index (Phi) is 3.65. The van der Waals surface area contributed by atoms with Gasteiger partial charge in [-0.1, -0.05) is 22.4 Å². The molecule has 0 aliphatic heterocycles. The summed E-state index contributed by atoms with van der Waals surface area (Å²) in [6.45, 7) is 0. The van der Waals surface area contributed by atoms with Gasteiger partial charge in [-0.15, -0.1) is 0 Å². The van der Waals surface area contributed by atoms with E-state index in [9.17, 15) is 5.11 Å². The zero-order valence-corrected chi connectivity index (χ0v) is 10.1. The quantitative estimate of drug-likeness (QED) is 0.895. The molecule has 0 aromatic heterocycles. The fourth-order valence-electron chi connectivity index (χ4n) is 1.90. The molecule has 1 aliphatic rings. The Balaban J connectivity index is 1.98. The van der Waals surface area contributed by atoms with Crippen LogP contribution in [-0.4, -0.2) is 17.3 Å². The largest absolute Gasteiger partial charge is 0.488 e. The lowest BCUT2D eigenvalue weighted by atomic mass is 9.95. The molecule has 0 heterocycles. The second-order valence-corrected chi connectivity index (χ2v) is 4.88. The van der Waals surface area contributed by atoms with Crippen LogP contribution in [0.5, 0.6) is 5.75 Å². The maximum absolute atomic E-state index is 9.75. The van der Waals surface area contributed by atoms with Crippen molar-refractivity contribution >= 4 is 15.9 Å². The third-order valence-corrected chi connectivity index (χ3v) is 3.30. The molecule has 1 N–H and O–H groups in total. The highest BCUT2D eigenvalue weighted by Gasteiger charge is 2.24. The molecule has 1 aromatic rings. The lowest BCUT2D eigenvalue weighted by molar-refractivity contribution is 0.00687. The van der Waals surface area contributed by atoms with Crippen LogP contribution in [0.2, 0.25) is 0 Å². The molecule has 0 amide bonds. The van der Waals surface area contributed by atoms with Crippen LogP contribution in [0.15, 0.2) is 28.7 Å². The SMILES string of the molecule is O[C@H]1CCCC[C@@H]1Oc1ccc(Br)cc1. The summed E-state index contributed by atoms with van der Waals surface area (Å²) in [4.78, 5) is 0. The smallest absolute Gasteiger partial charge is 0.124 e. The van der Waals surface area contributed by atoms with E-state index in [1.807, 2.05) is 24.3 Å². The molecule has 2 rings (SSSR count). The molecule has 2 atom stereocenters. The normalized spacial score (nSPS) is 26.3. The Morgan fingerprint density at radius 1 is 1.13 bits per heavy atom. The van der Waals surface area contributed by atoms with E-state index < -0.39 is 0 Å². The summed E-state index contributed by atoms with van der Waals surface area (Å²) in [6, 6.07) is 7.74. The third kappa shape index (κ3) is 2.95. The molecule has 2 nitrogen and oxygen atoms in total. The van der Waals surface area contributed by atoms with Crippen LogP contribution in [0.1, 0.15) is 25.7 Å². The first-order chi connectivity index (χ1) is 7.25. The number of benzene rings is 1. The average Bonchev–Trinajstić information content (AvgIpc) is 2.25. The van der Waals surface area contributed by atoms with Crippen molar-refractivity contribution in [1.82, 2.24) is 0 Å². The molecule has 0 radical (unpaired) electrons. The summed E-state index contributed by atoms with van der Waals surface area (Å²) >= 11 is 3.38. The van der Waals surface area contributed by atoms with Crippen molar-refractivity contribution < 1.29 is 9.84 Å². The second kappa shape index (κ2) is 4.99. The van der Waals surface area contributed by atoms with Crippen LogP contribution in [0, 0.1) is 0 Å². The van der Waals surface area contributed by atoms with Gasteiger partial charge < -0.3 is 9.84 Å². The molecule has 1 saturated carbocycles. The van der Waals surface area contributed by atoms with E-state index in [4.69, 9.17) is 4.74 Å². The highest BCUT2D eigenvalue weighted by molar-refractivity contribution is 9.10. The first kappa shape index (κ1) is 11.0. The number of rotatable bonds is 2. The van der Waals surface area contributed by atoms with Gasteiger partial charge in [0.05, 0.1) is 6.10 Å². The monoisotopic (exact) mass is 270 g/mol. The Morgan fingerprint density at radius 2 is 1.80 bits per heavy atom. The van der Waals surface area contributed by atoms with Crippen LogP contribution in [-0.2, 0) is 0 Å². The van der Waals surface area contributed by atoms with Gasteiger partial charge in [0.2, 0.25) is 0 Å². The highest BCUT2D eigenvalue weighted by atomic mass is 79.9. The Hall–Kier alpha value is -0.540. The van der Waals surface area contributed by atoms with Gasteiger partial charge in [0.25, 0.3) is 0 Å².